The molecule has 3 aliphatic carbocycles. The van der Waals surface area contributed by atoms with Crippen LogP contribution in [0.5, 0.6) is 0 Å². The van der Waals surface area contributed by atoms with Gasteiger partial charge in [-0.1, -0.05) is 80.3 Å². The third kappa shape index (κ3) is 4.81. The molecule has 0 bridgehead atoms. The molecule has 0 heterocycles. The van der Waals surface area contributed by atoms with Crippen LogP contribution in [0.25, 0.3) is 5.57 Å². The first-order chi connectivity index (χ1) is 16.8. The fourth-order valence-electron chi connectivity index (χ4n) is 6.93. The van der Waals surface area contributed by atoms with Crippen LogP contribution in [-0.2, 0) is 5.41 Å². The lowest BCUT2D eigenvalue weighted by molar-refractivity contribution is 0.292. The van der Waals surface area contributed by atoms with Crippen LogP contribution < -0.4 is 5.32 Å². The molecule has 0 aromatic heterocycles. The minimum atomic E-state index is -0.0647. The second-order valence-electron chi connectivity index (χ2n) is 11.5. The molecule has 182 valence electrons. The maximum Gasteiger partial charge on any atom is 0.0416 e. The predicted molar refractivity (Wildman–Crippen MR) is 151 cm³/mol. The van der Waals surface area contributed by atoms with E-state index in [9.17, 15) is 0 Å². The molecular weight excluding hydrogens is 424 g/mol. The van der Waals surface area contributed by atoms with Crippen molar-refractivity contribution in [2.24, 2.45) is 11.8 Å². The van der Waals surface area contributed by atoms with Crippen LogP contribution in [0.3, 0.4) is 0 Å². The Hall–Kier alpha value is -2.87. The van der Waals surface area contributed by atoms with E-state index in [0.29, 0.717) is 11.8 Å². The van der Waals surface area contributed by atoms with Gasteiger partial charge in [-0.05, 0) is 92.3 Å². The van der Waals surface area contributed by atoms with E-state index in [1.807, 2.05) is 0 Å². The lowest BCUT2D eigenvalue weighted by atomic mass is 9.60. The lowest BCUT2D eigenvalue weighted by Crippen LogP contribution is -2.40. The normalized spacial score (nSPS) is 25.4. The van der Waals surface area contributed by atoms with E-state index in [1.165, 1.54) is 65.5 Å². The van der Waals surface area contributed by atoms with Crippen molar-refractivity contribution in [1.82, 2.24) is 0 Å². The number of hydrogen-bond donors (Lipinski definition) is 2. The highest BCUT2D eigenvalue weighted by Gasteiger charge is 2.41. The standard InChI is InChI=1S/C33H40N2/c1-22-13-14-27(19-22)25-15-17-28(18-16-25)35-31-12-8-11-29(24(31)3)33(4)20-23(2)32(30(34)21-33)26-9-6-5-7-10-26/h8,11-18,26,32,34-35H,2,5-7,9-10,19-21H2,1,3-4H3. The summed E-state index contributed by atoms with van der Waals surface area (Å²) < 4.78 is 0. The van der Waals surface area contributed by atoms with Gasteiger partial charge < -0.3 is 10.7 Å². The fraction of sp³-hybridized carbons (Fsp3) is 0.424. The smallest absolute Gasteiger partial charge is 0.0416 e. The van der Waals surface area contributed by atoms with Crippen LogP contribution in [0, 0.1) is 24.2 Å². The van der Waals surface area contributed by atoms with E-state index < -0.39 is 0 Å². The number of rotatable bonds is 5. The Kier molecular flexibility index (Phi) is 6.57. The minimum absolute atomic E-state index is 0.0647. The van der Waals surface area contributed by atoms with Gasteiger partial charge in [-0.3, -0.25) is 0 Å². The van der Waals surface area contributed by atoms with Crippen LogP contribution >= 0.6 is 0 Å². The maximum absolute atomic E-state index is 9.04. The molecule has 0 amide bonds. The molecule has 2 saturated carbocycles. The summed E-state index contributed by atoms with van der Waals surface area (Å²) in [5, 5.41) is 12.7. The van der Waals surface area contributed by atoms with Crippen molar-refractivity contribution in [3.05, 3.63) is 89.0 Å². The molecule has 0 spiro atoms. The summed E-state index contributed by atoms with van der Waals surface area (Å²) in [6, 6.07) is 15.4. The highest BCUT2D eigenvalue weighted by Crippen LogP contribution is 2.48. The zero-order valence-corrected chi connectivity index (χ0v) is 21.7. The van der Waals surface area contributed by atoms with Gasteiger partial charge in [0.15, 0.2) is 0 Å². The molecule has 2 unspecified atom stereocenters. The monoisotopic (exact) mass is 464 g/mol. The van der Waals surface area contributed by atoms with Crippen molar-refractivity contribution >= 4 is 22.7 Å². The third-order valence-electron chi connectivity index (χ3n) is 8.69. The van der Waals surface area contributed by atoms with Crippen LogP contribution in [0.2, 0.25) is 0 Å². The molecule has 2 heteroatoms. The predicted octanol–water partition coefficient (Wildman–Crippen LogP) is 9.30. The summed E-state index contributed by atoms with van der Waals surface area (Å²) in [6.07, 6.45) is 13.9. The molecule has 35 heavy (non-hydrogen) atoms. The van der Waals surface area contributed by atoms with Crippen molar-refractivity contribution in [1.29, 1.82) is 5.41 Å². The van der Waals surface area contributed by atoms with Crippen LogP contribution in [-0.4, -0.2) is 5.71 Å². The van der Waals surface area contributed by atoms with Gasteiger partial charge in [-0.15, -0.1) is 0 Å². The molecule has 2 aromatic carbocycles. The van der Waals surface area contributed by atoms with E-state index >= 15 is 0 Å². The van der Waals surface area contributed by atoms with E-state index in [4.69, 9.17) is 5.41 Å². The molecule has 2 fully saturated rings. The van der Waals surface area contributed by atoms with Crippen LogP contribution in [0.15, 0.2) is 72.3 Å². The van der Waals surface area contributed by atoms with Gasteiger partial charge in [0, 0.05) is 28.4 Å². The topological polar surface area (TPSA) is 35.9 Å². The minimum Gasteiger partial charge on any atom is -0.355 e. The van der Waals surface area contributed by atoms with Gasteiger partial charge >= 0.3 is 0 Å². The van der Waals surface area contributed by atoms with Gasteiger partial charge in [-0.2, -0.15) is 0 Å². The Morgan fingerprint density at radius 2 is 1.69 bits per heavy atom. The Balaban J connectivity index is 1.33. The molecule has 0 radical (unpaired) electrons. The summed E-state index contributed by atoms with van der Waals surface area (Å²) in [5.41, 5.74) is 11.2. The first-order valence-electron chi connectivity index (χ1n) is 13.4. The molecule has 0 saturated heterocycles. The molecule has 5 rings (SSSR count). The molecule has 3 aliphatic rings. The van der Waals surface area contributed by atoms with Gasteiger partial charge in [0.1, 0.15) is 0 Å². The fourth-order valence-corrected chi connectivity index (χ4v) is 6.93. The Bertz CT molecular complexity index is 1170. The van der Waals surface area contributed by atoms with Crippen molar-refractivity contribution < 1.29 is 0 Å². The first kappa shape index (κ1) is 23.9. The zero-order chi connectivity index (χ0) is 24.6. The summed E-state index contributed by atoms with van der Waals surface area (Å²) in [6.45, 7) is 11.3. The Morgan fingerprint density at radius 3 is 2.34 bits per heavy atom. The van der Waals surface area contributed by atoms with Gasteiger partial charge in [-0.25, -0.2) is 0 Å². The van der Waals surface area contributed by atoms with Crippen molar-refractivity contribution in [2.75, 3.05) is 5.32 Å². The number of hydrogen-bond acceptors (Lipinski definition) is 2. The third-order valence-corrected chi connectivity index (χ3v) is 8.69. The lowest BCUT2D eigenvalue weighted by Gasteiger charge is -2.44. The van der Waals surface area contributed by atoms with Gasteiger partial charge in [0.2, 0.25) is 0 Å². The summed E-state index contributed by atoms with van der Waals surface area (Å²) >= 11 is 0. The highest BCUT2D eigenvalue weighted by molar-refractivity contribution is 5.89. The second-order valence-corrected chi connectivity index (χ2v) is 11.5. The molecule has 2 nitrogen and oxygen atoms in total. The van der Waals surface area contributed by atoms with Crippen molar-refractivity contribution in [3.8, 4) is 0 Å². The number of anilines is 2. The van der Waals surface area contributed by atoms with Crippen molar-refractivity contribution in [3.63, 3.8) is 0 Å². The summed E-state index contributed by atoms with van der Waals surface area (Å²) in [4.78, 5) is 0. The molecule has 2 aromatic rings. The molecule has 2 N–H and O–H groups in total. The average molecular weight is 465 g/mol. The van der Waals surface area contributed by atoms with Gasteiger partial charge in [0.05, 0.1) is 0 Å². The Labute approximate surface area is 211 Å². The zero-order valence-electron chi connectivity index (χ0n) is 21.7. The maximum atomic E-state index is 9.04. The van der Waals surface area contributed by atoms with E-state index in [2.05, 4.69) is 87.3 Å². The molecule has 2 atom stereocenters. The number of nitrogens with one attached hydrogen (secondary N) is 2. The van der Waals surface area contributed by atoms with Crippen LogP contribution in [0.4, 0.5) is 11.4 Å². The SMILES string of the molecule is C=C1CC(C)(c2cccc(Nc3ccc(C4=CC=C(C)C4)cc3)c2C)CC(=N)C1C1CCCCC1. The van der Waals surface area contributed by atoms with Crippen LogP contribution in [0.1, 0.15) is 81.9 Å². The first-order valence-corrected chi connectivity index (χ1v) is 13.4. The number of benzene rings is 2. The average Bonchev–Trinajstić information content (AvgIpc) is 3.27. The largest absolute Gasteiger partial charge is 0.355 e. The Morgan fingerprint density at radius 1 is 0.943 bits per heavy atom. The van der Waals surface area contributed by atoms with E-state index in [1.54, 1.807) is 0 Å². The summed E-state index contributed by atoms with van der Waals surface area (Å²) in [5.74, 6) is 0.947. The quantitative estimate of drug-likeness (QED) is 0.425. The van der Waals surface area contributed by atoms with E-state index in [-0.39, 0.29) is 5.41 Å². The summed E-state index contributed by atoms with van der Waals surface area (Å²) in [7, 11) is 0. The second kappa shape index (κ2) is 9.64. The van der Waals surface area contributed by atoms with E-state index in [0.717, 1.165) is 36.3 Å². The molecule has 0 aliphatic heterocycles. The van der Waals surface area contributed by atoms with Gasteiger partial charge in [0.25, 0.3) is 0 Å². The number of allylic oxidation sites excluding steroid dienone is 5. The molecular formula is C33H40N2. The van der Waals surface area contributed by atoms with Crippen molar-refractivity contribution in [2.45, 2.75) is 77.6 Å². The highest BCUT2D eigenvalue weighted by atomic mass is 14.9.